The summed E-state index contributed by atoms with van der Waals surface area (Å²) in [7, 11) is 0. The molecule has 0 aromatic heterocycles. The average Bonchev–Trinajstić information content (AvgIpc) is 2.72. The van der Waals surface area contributed by atoms with Crippen LogP contribution in [0.2, 0.25) is 0 Å². The maximum atomic E-state index is 12.0. The van der Waals surface area contributed by atoms with Gasteiger partial charge in [-0.2, -0.15) is 5.10 Å². The van der Waals surface area contributed by atoms with Crippen molar-refractivity contribution in [3.8, 4) is 0 Å². The molecule has 2 rings (SSSR count). The van der Waals surface area contributed by atoms with E-state index in [0.29, 0.717) is 22.6 Å². The van der Waals surface area contributed by atoms with E-state index >= 15 is 0 Å². The highest BCUT2D eigenvalue weighted by Crippen LogP contribution is 2.10. The third kappa shape index (κ3) is 6.86. The summed E-state index contributed by atoms with van der Waals surface area (Å²) in [6, 6.07) is 13.2. The highest BCUT2D eigenvalue weighted by molar-refractivity contribution is 6.39. The molecule has 0 aliphatic carbocycles. The minimum Gasteiger partial charge on any atom is -0.366 e. The number of carbonyl (C=O) groups excluding carboxylic acids is 4. The fraction of sp³-hybridized carbons (Fsp3) is 0.190. The summed E-state index contributed by atoms with van der Waals surface area (Å²) in [4.78, 5) is 46.9. The van der Waals surface area contributed by atoms with Crippen LogP contribution in [0, 0.1) is 0 Å². The van der Waals surface area contributed by atoms with Crippen molar-refractivity contribution >= 4 is 40.7 Å². The topological polar surface area (TPSA) is 143 Å². The highest BCUT2D eigenvalue weighted by atomic mass is 16.2. The molecule has 9 heteroatoms. The Bertz CT molecular complexity index is 966. The number of primary amides is 1. The van der Waals surface area contributed by atoms with Crippen LogP contribution in [0.15, 0.2) is 53.6 Å². The molecule has 0 aliphatic rings. The number of anilines is 2. The van der Waals surface area contributed by atoms with E-state index in [1.165, 1.54) is 19.1 Å². The van der Waals surface area contributed by atoms with Gasteiger partial charge in [0.2, 0.25) is 11.8 Å². The molecule has 30 heavy (non-hydrogen) atoms. The van der Waals surface area contributed by atoms with Crippen molar-refractivity contribution in [3.63, 3.8) is 0 Å². The Hall–Kier alpha value is -4.01. The zero-order valence-electron chi connectivity index (χ0n) is 16.7. The van der Waals surface area contributed by atoms with Crippen molar-refractivity contribution in [2.75, 3.05) is 10.6 Å². The second-order valence-electron chi connectivity index (χ2n) is 6.46. The van der Waals surface area contributed by atoms with Crippen molar-refractivity contribution in [3.05, 3.63) is 59.7 Å². The van der Waals surface area contributed by atoms with Crippen molar-refractivity contribution in [2.24, 2.45) is 10.8 Å². The third-order valence-electron chi connectivity index (χ3n) is 4.04. The number of hydrogen-bond donors (Lipinski definition) is 4. The molecule has 2 aromatic rings. The summed E-state index contributed by atoms with van der Waals surface area (Å²) in [6.45, 7) is 3.55. The molecule has 156 valence electrons. The molecule has 0 saturated carbocycles. The van der Waals surface area contributed by atoms with Crippen LogP contribution in [0.4, 0.5) is 11.4 Å². The first-order valence-electron chi connectivity index (χ1n) is 9.21. The second-order valence-corrected chi connectivity index (χ2v) is 6.46. The van der Waals surface area contributed by atoms with E-state index in [1.54, 1.807) is 24.3 Å². The van der Waals surface area contributed by atoms with Gasteiger partial charge in [-0.1, -0.05) is 19.1 Å². The molecule has 9 nitrogen and oxygen atoms in total. The number of nitrogens with zero attached hydrogens (tertiary/aromatic N) is 1. The van der Waals surface area contributed by atoms with Gasteiger partial charge in [-0.3, -0.25) is 19.2 Å². The Morgan fingerprint density at radius 3 is 2.00 bits per heavy atom. The maximum Gasteiger partial charge on any atom is 0.329 e. The lowest BCUT2D eigenvalue weighted by Gasteiger charge is -2.07. The summed E-state index contributed by atoms with van der Waals surface area (Å²) >= 11 is 0. The van der Waals surface area contributed by atoms with Crippen LogP contribution in [0.5, 0.6) is 0 Å². The van der Waals surface area contributed by atoms with Gasteiger partial charge in [0.05, 0.1) is 6.42 Å². The average molecular weight is 409 g/mol. The molecule has 0 aliphatic heterocycles. The summed E-state index contributed by atoms with van der Waals surface area (Å²) in [5.41, 5.74) is 9.99. The fourth-order valence-electron chi connectivity index (χ4n) is 2.40. The maximum absolute atomic E-state index is 12.0. The second kappa shape index (κ2) is 10.5. The molecule has 0 heterocycles. The Kier molecular flexibility index (Phi) is 7.81. The monoisotopic (exact) mass is 409 g/mol. The number of nitrogens with two attached hydrogens (primary N) is 1. The van der Waals surface area contributed by atoms with Gasteiger partial charge in [0.1, 0.15) is 0 Å². The lowest BCUT2D eigenvalue weighted by atomic mass is 10.1. The quantitative estimate of drug-likeness (QED) is 0.314. The smallest absolute Gasteiger partial charge is 0.329 e. The first kappa shape index (κ1) is 22.3. The summed E-state index contributed by atoms with van der Waals surface area (Å²) in [5, 5.41) is 8.87. The Balaban J connectivity index is 1.82. The number of hydrazone groups is 1. The summed E-state index contributed by atoms with van der Waals surface area (Å²) in [5.74, 6) is -2.75. The number of nitrogens with one attached hydrogen (secondary N) is 3. The van der Waals surface area contributed by atoms with Crippen LogP contribution in [-0.4, -0.2) is 29.3 Å². The first-order valence-corrected chi connectivity index (χ1v) is 9.21. The first-order chi connectivity index (χ1) is 14.3. The minimum atomic E-state index is -0.948. The van der Waals surface area contributed by atoms with Crippen LogP contribution in [-0.2, 0) is 20.8 Å². The number of aryl methyl sites for hydroxylation is 1. The molecule has 0 spiro atoms. The van der Waals surface area contributed by atoms with Gasteiger partial charge in [-0.25, -0.2) is 5.43 Å². The van der Waals surface area contributed by atoms with Crippen LogP contribution in [0.3, 0.4) is 0 Å². The molecular weight excluding hydrogens is 386 g/mol. The largest absolute Gasteiger partial charge is 0.366 e. The van der Waals surface area contributed by atoms with Crippen LogP contribution in [0.1, 0.15) is 36.2 Å². The predicted octanol–water partition coefficient (Wildman–Crippen LogP) is 1.81. The molecule has 0 bridgehead atoms. The standard InChI is InChI=1S/C21H23N5O4/c1-3-14-4-8-17(9-5-14)24-20(29)21(30)26-25-13(2)12-18(27)23-16-10-6-15(7-11-16)19(22)28/h4-11H,3,12H2,1-2H3,(H2,22,28)(H,23,27)(H,24,29)(H,26,30)/b25-13+. The van der Waals surface area contributed by atoms with E-state index in [-0.39, 0.29) is 12.3 Å². The van der Waals surface area contributed by atoms with Gasteiger partial charge < -0.3 is 16.4 Å². The van der Waals surface area contributed by atoms with Gasteiger partial charge in [-0.05, 0) is 55.3 Å². The van der Waals surface area contributed by atoms with Crippen molar-refractivity contribution in [1.82, 2.24) is 5.43 Å². The molecular formula is C21H23N5O4. The number of amides is 4. The Morgan fingerprint density at radius 1 is 0.867 bits per heavy atom. The molecule has 0 atom stereocenters. The Labute approximate surface area is 173 Å². The molecule has 4 amide bonds. The van der Waals surface area contributed by atoms with Crippen LogP contribution >= 0.6 is 0 Å². The van der Waals surface area contributed by atoms with Gasteiger partial charge >= 0.3 is 11.8 Å². The summed E-state index contributed by atoms with van der Waals surface area (Å²) in [6.07, 6.45) is 0.771. The zero-order valence-corrected chi connectivity index (χ0v) is 16.7. The fourth-order valence-corrected chi connectivity index (χ4v) is 2.40. The number of rotatable bonds is 7. The predicted molar refractivity (Wildman–Crippen MR) is 114 cm³/mol. The molecule has 2 aromatic carbocycles. The van der Waals surface area contributed by atoms with E-state index < -0.39 is 17.7 Å². The lowest BCUT2D eigenvalue weighted by Crippen LogP contribution is -2.33. The Morgan fingerprint density at radius 2 is 1.43 bits per heavy atom. The van der Waals surface area contributed by atoms with E-state index in [9.17, 15) is 19.2 Å². The SMILES string of the molecule is CCc1ccc(NC(=O)C(=O)N/N=C(\C)CC(=O)Nc2ccc(C(N)=O)cc2)cc1. The van der Waals surface area contributed by atoms with Gasteiger partial charge in [0.15, 0.2) is 0 Å². The molecule has 0 fully saturated rings. The normalized spacial score (nSPS) is 10.8. The van der Waals surface area contributed by atoms with E-state index in [1.807, 2.05) is 19.1 Å². The minimum absolute atomic E-state index is 0.0993. The zero-order chi connectivity index (χ0) is 22.1. The van der Waals surface area contributed by atoms with E-state index in [0.717, 1.165) is 12.0 Å². The molecule has 5 N–H and O–H groups in total. The van der Waals surface area contributed by atoms with E-state index in [4.69, 9.17) is 5.73 Å². The van der Waals surface area contributed by atoms with E-state index in [2.05, 4.69) is 21.2 Å². The van der Waals surface area contributed by atoms with Crippen LogP contribution in [0.25, 0.3) is 0 Å². The number of carbonyl (C=O) groups is 4. The lowest BCUT2D eigenvalue weighted by molar-refractivity contribution is -0.136. The van der Waals surface area contributed by atoms with Crippen molar-refractivity contribution in [2.45, 2.75) is 26.7 Å². The molecule has 0 unspecified atom stereocenters. The molecule has 0 radical (unpaired) electrons. The molecule has 0 saturated heterocycles. The van der Waals surface area contributed by atoms with Gasteiger partial charge in [0.25, 0.3) is 0 Å². The van der Waals surface area contributed by atoms with Crippen LogP contribution < -0.4 is 21.8 Å². The number of benzene rings is 2. The van der Waals surface area contributed by atoms with Crippen molar-refractivity contribution < 1.29 is 19.2 Å². The van der Waals surface area contributed by atoms with Gasteiger partial charge in [-0.15, -0.1) is 0 Å². The third-order valence-corrected chi connectivity index (χ3v) is 4.04. The highest BCUT2D eigenvalue weighted by Gasteiger charge is 2.13. The summed E-state index contributed by atoms with van der Waals surface area (Å²) < 4.78 is 0. The number of hydrogen-bond acceptors (Lipinski definition) is 5. The van der Waals surface area contributed by atoms with Gasteiger partial charge in [0, 0.05) is 22.6 Å². The van der Waals surface area contributed by atoms with Crippen molar-refractivity contribution in [1.29, 1.82) is 0 Å².